The summed E-state index contributed by atoms with van der Waals surface area (Å²) < 4.78 is 0. The molecule has 0 unspecified atom stereocenters. The van der Waals surface area contributed by atoms with Gasteiger partial charge in [-0.05, 0) is 17.9 Å². The van der Waals surface area contributed by atoms with Gasteiger partial charge in [0.1, 0.15) is 0 Å². The lowest BCUT2D eigenvalue weighted by Gasteiger charge is -2.11. The van der Waals surface area contributed by atoms with Crippen LogP contribution >= 0.6 is 21.4 Å². The predicted molar refractivity (Wildman–Crippen MR) is 50.7 cm³/mol. The Hall–Kier alpha value is -0.0151. The lowest BCUT2D eigenvalue weighted by Crippen LogP contribution is -1.97. The molecule has 0 saturated carbocycles. The Morgan fingerprint density at radius 2 is 2.20 bits per heavy atom. The Balaban J connectivity index is 2.41. The van der Waals surface area contributed by atoms with Crippen LogP contribution in [0, 0.1) is 0 Å². The van der Waals surface area contributed by atoms with E-state index in [1.807, 2.05) is 21.4 Å². The number of hydrogen-bond acceptors (Lipinski definition) is 2. The van der Waals surface area contributed by atoms with Crippen LogP contribution in [-0.2, 0) is 6.32 Å². The zero-order chi connectivity index (χ0) is 6.81. The lowest BCUT2D eigenvalue weighted by molar-refractivity contribution is 1.26. The van der Waals surface area contributed by atoms with Crippen molar-refractivity contribution in [2.24, 2.45) is 0 Å². The summed E-state index contributed by atoms with van der Waals surface area (Å²) in [5.74, 6) is 0. The number of rotatable bonds is 0. The minimum Gasteiger partial charge on any atom is -0.145 e. The van der Waals surface area contributed by atoms with Gasteiger partial charge in [0.25, 0.3) is 0 Å². The van der Waals surface area contributed by atoms with E-state index in [4.69, 9.17) is 0 Å². The van der Waals surface area contributed by atoms with Gasteiger partial charge in [0.05, 0.1) is 0 Å². The van der Waals surface area contributed by atoms with Crippen LogP contribution in [0.25, 0.3) is 0 Å². The highest BCUT2D eigenvalue weighted by Crippen LogP contribution is 2.37. The molecule has 0 N–H and O–H groups in total. The summed E-state index contributed by atoms with van der Waals surface area (Å²) in [6.07, 6.45) is 1.24. The first-order chi connectivity index (χ1) is 4.97. The van der Waals surface area contributed by atoms with Crippen LogP contribution in [-0.4, -0.2) is 6.56 Å². The Morgan fingerprint density at radius 3 is 3.10 bits per heavy atom. The standard InChI is InChI=1S/C7H7BS2/c1-2-4-7-6(3-1)5-8-10-9-7/h1-4,8H,5H2. The summed E-state index contributed by atoms with van der Waals surface area (Å²) in [4.78, 5) is 1.46. The molecule has 0 bridgehead atoms. The first-order valence-electron chi connectivity index (χ1n) is 3.34. The maximum atomic E-state index is 2.22. The molecule has 0 saturated heterocycles. The summed E-state index contributed by atoms with van der Waals surface area (Å²) in [5, 5.41) is 0. The third-order valence-corrected chi connectivity index (χ3v) is 4.03. The first-order valence-corrected chi connectivity index (χ1v) is 5.66. The summed E-state index contributed by atoms with van der Waals surface area (Å²) >= 11 is 0. The quantitative estimate of drug-likeness (QED) is 0.428. The molecule has 1 aliphatic heterocycles. The van der Waals surface area contributed by atoms with Crippen molar-refractivity contribution < 1.29 is 0 Å². The monoisotopic (exact) mass is 166 g/mol. The number of benzene rings is 1. The van der Waals surface area contributed by atoms with Gasteiger partial charge in [-0.3, -0.25) is 0 Å². The maximum absolute atomic E-state index is 2.22. The second kappa shape index (κ2) is 2.93. The fourth-order valence-corrected chi connectivity index (χ4v) is 3.34. The molecule has 0 amide bonds. The van der Waals surface area contributed by atoms with Gasteiger partial charge in [-0.2, -0.15) is 0 Å². The van der Waals surface area contributed by atoms with E-state index in [1.165, 1.54) is 23.3 Å². The molecule has 50 valence electrons. The molecule has 0 fully saturated rings. The van der Waals surface area contributed by atoms with Crippen LogP contribution < -0.4 is 0 Å². The van der Waals surface area contributed by atoms with Crippen LogP contribution in [0.5, 0.6) is 0 Å². The fourth-order valence-electron chi connectivity index (χ4n) is 1.05. The number of hydrogen-bond donors (Lipinski definition) is 0. The van der Waals surface area contributed by atoms with E-state index in [9.17, 15) is 0 Å². The zero-order valence-electron chi connectivity index (χ0n) is 5.54. The van der Waals surface area contributed by atoms with E-state index in [-0.39, 0.29) is 0 Å². The maximum Gasteiger partial charge on any atom is 0.211 e. The van der Waals surface area contributed by atoms with Gasteiger partial charge in [-0.1, -0.05) is 29.0 Å². The van der Waals surface area contributed by atoms with Crippen molar-refractivity contribution in [2.75, 3.05) is 0 Å². The highest BCUT2D eigenvalue weighted by Gasteiger charge is 2.08. The normalized spacial score (nSPS) is 15.6. The van der Waals surface area contributed by atoms with E-state index in [0.717, 1.165) is 0 Å². The van der Waals surface area contributed by atoms with E-state index < -0.39 is 0 Å². The molecular weight excluding hydrogens is 159 g/mol. The van der Waals surface area contributed by atoms with E-state index >= 15 is 0 Å². The molecule has 1 aliphatic rings. The van der Waals surface area contributed by atoms with Gasteiger partial charge < -0.3 is 0 Å². The fraction of sp³-hybridized carbons (Fsp3) is 0.143. The highest BCUT2D eigenvalue weighted by molar-refractivity contribution is 8.85. The molecule has 1 heterocycles. The molecule has 0 atom stereocenters. The lowest BCUT2D eigenvalue weighted by atomic mass is 9.95. The molecule has 3 heteroatoms. The van der Waals surface area contributed by atoms with Crippen LogP contribution in [0.4, 0.5) is 0 Å². The Labute approximate surface area is 69.3 Å². The largest absolute Gasteiger partial charge is 0.211 e. The van der Waals surface area contributed by atoms with E-state index in [2.05, 4.69) is 24.3 Å². The highest BCUT2D eigenvalue weighted by atomic mass is 33.1. The second-order valence-corrected chi connectivity index (χ2v) is 4.72. The summed E-state index contributed by atoms with van der Waals surface area (Å²) in [6, 6.07) is 8.65. The van der Waals surface area contributed by atoms with Gasteiger partial charge >= 0.3 is 0 Å². The van der Waals surface area contributed by atoms with Crippen molar-refractivity contribution in [3.8, 4) is 0 Å². The molecule has 0 nitrogen and oxygen atoms in total. The van der Waals surface area contributed by atoms with E-state index in [0.29, 0.717) is 0 Å². The van der Waals surface area contributed by atoms with Gasteiger partial charge in [0.15, 0.2) is 0 Å². The van der Waals surface area contributed by atoms with Crippen LogP contribution in [0.2, 0.25) is 0 Å². The number of fused-ring (bicyclic) bond motifs is 1. The van der Waals surface area contributed by atoms with Crippen LogP contribution in [0.3, 0.4) is 0 Å². The van der Waals surface area contributed by atoms with Crippen molar-refractivity contribution in [2.45, 2.75) is 11.2 Å². The topological polar surface area (TPSA) is 0 Å². The molecule has 1 aromatic rings. The predicted octanol–water partition coefficient (Wildman–Crippen LogP) is 2.29. The van der Waals surface area contributed by atoms with Crippen molar-refractivity contribution in [1.29, 1.82) is 0 Å². The molecule has 0 radical (unpaired) electrons. The molecule has 2 rings (SSSR count). The smallest absolute Gasteiger partial charge is 0.145 e. The van der Waals surface area contributed by atoms with Gasteiger partial charge in [0.2, 0.25) is 6.56 Å². The molecule has 0 spiro atoms. The third-order valence-electron chi connectivity index (χ3n) is 1.58. The van der Waals surface area contributed by atoms with Crippen molar-refractivity contribution in [3.05, 3.63) is 29.8 Å². The van der Waals surface area contributed by atoms with E-state index in [1.54, 1.807) is 0 Å². The molecule has 0 aliphatic carbocycles. The van der Waals surface area contributed by atoms with Crippen LogP contribution in [0.1, 0.15) is 5.56 Å². The Morgan fingerprint density at radius 1 is 1.30 bits per heavy atom. The average Bonchev–Trinajstić information content (AvgIpc) is 2.05. The van der Waals surface area contributed by atoms with Gasteiger partial charge in [-0.25, -0.2) is 0 Å². The summed E-state index contributed by atoms with van der Waals surface area (Å²) in [6.45, 7) is 1.27. The van der Waals surface area contributed by atoms with Crippen molar-refractivity contribution in [3.63, 3.8) is 0 Å². The van der Waals surface area contributed by atoms with Gasteiger partial charge in [0, 0.05) is 4.90 Å². The molecular formula is C7H7BS2. The van der Waals surface area contributed by atoms with Crippen molar-refractivity contribution in [1.82, 2.24) is 0 Å². The molecule has 10 heavy (non-hydrogen) atoms. The Bertz CT molecular complexity index is 212. The van der Waals surface area contributed by atoms with Crippen LogP contribution in [0.15, 0.2) is 29.2 Å². The molecule has 0 aromatic heterocycles. The Kier molecular flexibility index (Phi) is 1.96. The average molecular weight is 166 g/mol. The molecule has 1 aromatic carbocycles. The van der Waals surface area contributed by atoms with Gasteiger partial charge in [-0.15, -0.1) is 10.6 Å². The minimum atomic E-state index is 1.24. The second-order valence-electron chi connectivity index (χ2n) is 2.26. The summed E-state index contributed by atoms with van der Waals surface area (Å²) in [7, 11) is 3.86. The third kappa shape index (κ3) is 1.20. The summed E-state index contributed by atoms with van der Waals surface area (Å²) in [5.41, 5.74) is 1.52. The SMILES string of the molecule is B1Cc2ccccc2SS1. The first kappa shape index (κ1) is 6.68. The minimum absolute atomic E-state index is 1.24. The van der Waals surface area contributed by atoms with Crippen molar-refractivity contribution >= 4 is 28.0 Å². The zero-order valence-corrected chi connectivity index (χ0v) is 7.17.